The summed E-state index contributed by atoms with van der Waals surface area (Å²) >= 11 is 0. The minimum atomic E-state index is -0.0496. The van der Waals surface area contributed by atoms with Crippen molar-refractivity contribution >= 4 is 0 Å². The van der Waals surface area contributed by atoms with E-state index in [9.17, 15) is 0 Å². The van der Waals surface area contributed by atoms with E-state index in [1.807, 2.05) is 13.0 Å². The van der Waals surface area contributed by atoms with Gasteiger partial charge in [-0.1, -0.05) is 12.1 Å². The molecule has 0 spiro atoms. The number of aryl methyl sites for hydroxylation is 1. The SMILES string of the molecule is Cc1cc(CCOCC2CC2)ccc1OC1OC1C. The molecule has 19 heavy (non-hydrogen) atoms. The lowest BCUT2D eigenvalue weighted by molar-refractivity contribution is 0.127. The Labute approximate surface area is 114 Å². The highest BCUT2D eigenvalue weighted by atomic mass is 16.8. The maximum atomic E-state index is 5.74. The second-order valence-corrected chi connectivity index (χ2v) is 5.70. The molecule has 0 amide bonds. The van der Waals surface area contributed by atoms with Gasteiger partial charge in [0.1, 0.15) is 11.9 Å². The fourth-order valence-electron chi connectivity index (χ4n) is 2.14. The van der Waals surface area contributed by atoms with Crippen LogP contribution in [0.1, 0.15) is 30.9 Å². The monoisotopic (exact) mass is 262 g/mol. The Hall–Kier alpha value is -1.06. The van der Waals surface area contributed by atoms with Gasteiger partial charge in [-0.25, -0.2) is 0 Å². The molecule has 3 rings (SSSR count). The molecule has 1 heterocycles. The zero-order valence-electron chi connectivity index (χ0n) is 11.7. The number of hydrogen-bond acceptors (Lipinski definition) is 3. The summed E-state index contributed by atoms with van der Waals surface area (Å²) in [5.41, 5.74) is 2.48. The summed E-state index contributed by atoms with van der Waals surface area (Å²) < 4.78 is 16.7. The van der Waals surface area contributed by atoms with Gasteiger partial charge < -0.3 is 14.2 Å². The summed E-state index contributed by atoms with van der Waals surface area (Å²) in [6, 6.07) is 6.35. The van der Waals surface area contributed by atoms with Crippen LogP contribution < -0.4 is 4.74 Å². The highest BCUT2D eigenvalue weighted by Gasteiger charge is 2.36. The molecule has 1 aromatic rings. The van der Waals surface area contributed by atoms with E-state index in [1.54, 1.807) is 0 Å². The predicted octanol–water partition coefficient (Wildman–Crippen LogP) is 3.09. The molecule has 3 heteroatoms. The third kappa shape index (κ3) is 3.71. The van der Waals surface area contributed by atoms with Gasteiger partial charge in [-0.05, 0) is 56.2 Å². The third-order valence-corrected chi connectivity index (χ3v) is 3.72. The van der Waals surface area contributed by atoms with E-state index in [-0.39, 0.29) is 12.4 Å². The molecule has 0 N–H and O–H groups in total. The van der Waals surface area contributed by atoms with Crippen molar-refractivity contribution in [3.63, 3.8) is 0 Å². The average Bonchev–Trinajstić information content (AvgIpc) is 3.28. The van der Waals surface area contributed by atoms with Gasteiger partial charge in [-0.15, -0.1) is 0 Å². The van der Waals surface area contributed by atoms with Crippen molar-refractivity contribution in [3.05, 3.63) is 29.3 Å². The standard InChI is InChI=1S/C16H22O3/c1-11-9-13(7-8-17-10-14-3-4-14)5-6-15(11)19-16-12(2)18-16/h5-6,9,12,14,16H,3-4,7-8,10H2,1-2H3. The van der Waals surface area contributed by atoms with E-state index < -0.39 is 0 Å². The first-order chi connectivity index (χ1) is 9.22. The summed E-state index contributed by atoms with van der Waals surface area (Å²) in [6.07, 6.45) is 3.87. The van der Waals surface area contributed by atoms with E-state index in [4.69, 9.17) is 14.2 Å². The molecule has 0 bridgehead atoms. The van der Waals surface area contributed by atoms with E-state index in [0.29, 0.717) is 0 Å². The summed E-state index contributed by atoms with van der Waals surface area (Å²) in [5, 5.41) is 0. The van der Waals surface area contributed by atoms with Gasteiger partial charge in [0.2, 0.25) is 6.29 Å². The van der Waals surface area contributed by atoms with Crippen molar-refractivity contribution in [2.45, 2.75) is 45.5 Å². The maximum absolute atomic E-state index is 5.74. The number of ether oxygens (including phenoxy) is 3. The van der Waals surface area contributed by atoms with Crippen molar-refractivity contribution in [3.8, 4) is 5.75 Å². The Balaban J connectivity index is 1.47. The molecular weight excluding hydrogens is 240 g/mol. The van der Waals surface area contributed by atoms with Crippen molar-refractivity contribution in [1.29, 1.82) is 0 Å². The Morgan fingerprint density at radius 3 is 2.74 bits per heavy atom. The van der Waals surface area contributed by atoms with E-state index in [2.05, 4.69) is 19.1 Å². The lowest BCUT2D eigenvalue weighted by atomic mass is 10.1. The Morgan fingerprint density at radius 1 is 1.32 bits per heavy atom. The number of benzene rings is 1. The number of rotatable bonds is 7. The third-order valence-electron chi connectivity index (χ3n) is 3.72. The van der Waals surface area contributed by atoms with Crippen LogP contribution in [-0.4, -0.2) is 25.6 Å². The van der Waals surface area contributed by atoms with Crippen molar-refractivity contribution in [2.75, 3.05) is 13.2 Å². The molecular formula is C16H22O3. The molecule has 2 aliphatic rings. The predicted molar refractivity (Wildman–Crippen MR) is 73.4 cm³/mol. The van der Waals surface area contributed by atoms with Crippen LogP contribution in [0.3, 0.4) is 0 Å². The van der Waals surface area contributed by atoms with E-state index in [1.165, 1.54) is 24.0 Å². The molecule has 1 aromatic carbocycles. The van der Waals surface area contributed by atoms with Crippen molar-refractivity contribution < 1.29 is 14.2 Å². The van der Waals surface area contributed by atoms with E-state index >= 15 is 0 Å². The number of epoxide rings is 1. The molecule has 3 nitrogen and oxygen atoms in total. The summed E-state index contributed by atoms with van der Waals surface area (Å²) in [7, 11) is 0. The van der Waals surface area contributed by atoms with Crippen LogP contribution in [-0.2, 0) is 15.9 Å². The van der Waals surface area contributed by atoms with Crippen LogP contribution in [0.25, 0.3) is 0 Å². The van der Waals surface area contributed by atoms with Gasteiger partial charge in [-0.2, -0.15) is 0 Å². The van der Waals surface area contributed by atoms with Gasteiger partial charge in [0, 0.05) is 6.61 Å². The van der Waals surface area contributed by atoms with Crippen molar-refractivity contribution in [1.82, 2.24) is 0 Å². The van der Waals surface area contributed by atoms with E-state index in [0.717, 1.165) is 31.3 Å². The Morgan fingerprint density at radius 2 is 2.11 bits per heavy atom. The smallest absolute Gasteiger partial charge is 0.226 e. The van der Waals surface area contributed by atoms with Crippen LogP contribution in [0.2, 0.25) is 0 Å². The second kappa shape index (κ2) is 5.51. The van der Waals surface area contributed by atoms with Gasteiger partial charge in [0.15, 0.2) is 0 Å². The largest absolute Gasteiger partial charge is 0.462 e. The maximum Gasteiger partial charge on any atom is 0.226 e. The molecule has 1 aliphatic carbocycles. The molecule has 0 aromatic heterocycles. The molecule has 104 valence electrons. The van der Waals surface area contributed by atoms with Gasteiger partial charge in [0.05, 0.1) is 6.61 Å². The van der Waals surface area contributed by atoms with Crippen LogP contribution >= 0.6 is 0 Å². The molecule has 1 saturated heterocycles. The first-order valence-corrected chi connectivity index (χ1v) is 7.22. The fraction of sp³-hybridized carbons (Fsp3) is 0.625. The highest BCUT2D eigenvalue weighted by Crippen LogP contribution is 2.29. The minimum Gasteiger partial charge on any atom is -0.462 e. The lowest BCUT2D eigenvalue weighted by Gasteiger charge is -2.09. The molecule has 1 saturated carbocycles. The fourth-order valence-corrected chi connectivity index (χ4v) is 2.14. The quantitative estimate of drug-likeness (QED) is 0.559. The summed E-state index contributed by atoms with van der Waals surface area (Å²) in [5.74, 6) is 1.77. The first kappa shape index (κ1) is 12.9. The Bertz CT molecular complexity index is 440. The molecule has 1 aliphatic heterocycles. The van der Waals surface area contributed by atoms with Crippen LogP contribution in [0, 0.1) is 12.8 Å². The zero-order chi connectivity index (χ0) is 13.2. The van der Waals surface area contributed by atoms with Crippen LogP contribution in [0.5, 0.6) is 5.75 Å². The highest BCUT2D eigenvalue weighted by molar-refractivity contribution is 5.36. The minimum absolute atomic E-state index is 0.0496. The van der Waals surface area contributed by atoms with Gasteiger partial charge >= 0.3 is 0 Å². The first-order valence-electron chi connectivity index (χ1n) is 7.22. The molecule has 2 atom stereocenters. The normalized spacial score (nSPS) is 25.4. The average molecular weight is 262 g/mol. The van der Waals surface area contributed by atoms with Gasteiger partial charge in [0.25, 0.3) is 0 Å². The molecule has 2 unspecified atom stereocenters. The van der Waals surface area contributed by atoms with Crippen molar-refractivity contribution in [2.24, 2.45) is 5.92 Å². The lowest BCUT2D eigenvalue weighted by Crippen LogP contribution is -2.04. The van der Waals surface area contributed by atoms with Crippen LogP contribution in [0.15, 0.2) is 18.2 Å². The summed E-state index contributed by atoms with van der Waals surface area (Å²) in [6.45, 7) is 5.86. The number of hydrogen-bond donors (Lipinski definition) is 0. The summed E-state index contributed by atoms with van der Waals surface area (Å²) in [4.78, 5) is 0. The topological polar surface area (TPSA) is 31.0 Å². The van der Waals surface area contributed by atoms with Gasteiger partial charge in [-0.3, -0.25) is 0 Å². The Kier molecular flexibility index (Phi) is 3.76. The zero-order valence-corrected chi connectivity index (χ0v) is 11.7. The molecule has 0 radical (unpaired) electrons. The molecule has 2 fully saturated rings. The van der Waals surface area contributed by atoms with Crippen LogP contribution in [0.4, 0.5) is 0 Å². The second-order valence-electron chi connectivity index (χ2n) is 5.70.